The number of hydrogen-bond acceptors (Lipinski definition) is 3. The van der Waals surface area contributed by atoms with E-state index in [0.717, 1.165) is 6.07 Å². The summed E-state index contributed by atoms with van der Waals surface area (Å²) in [4.78, 5) is 23.8. The number of carbonyl (C=O) groups is 2. The van der Waals surface area contributed by atoms with Gasteiger partial charge >= 0.3 is 0 Å². The average Bonchev–Trinajstić information content (AvgIpc) is 2.62. The number of halogens is 2. The molecule has 4 nitrogen and oxygen atoms in total. The normalized spacial score (nSPS) is 12.3. The predicted octanol–water partition coefficient (Wildman–Crippen LogP) is 4.80. The molecule has 29 heavy (non-hydrogen) atoms. The molecule has 0 aromatic heterocycles. The van der Waals surface area contributed by atoms with Gasteiger partial charge in [-0.05, 0) is 65.8 Å². The molecule has 0 heterocycles. The molecular weight excluding hydrogens is 396 g/mol. The van der Waals surface area contributed by atoms with Crippen molar-refractivity contribution in [1.82, 2.24) is 4.72 Å². The molecule has 2 aromatic carbocycles. The Labute approximate surface area is 172 Å². The van der Waals surface area contributed by atoms with Gasteiger partial charge in [0.25, 0.3) is 0 Å². The molecule has 156 valence electrons. The fourth-order valence-corrected chi connectivity index (χ4v) is 4.00. The van der Waals surface area contributed by atoms with Gasteiger partial charge in [-0.1, -0.05) is 27.7 Å². The highest BCUT2D eigenvalue weighted by Crippen LogP contribution is 2.29. The Morgan fingerprint density at radius 2 is 1.55 bits per heavy atom. The van der Waals surface area contributed by atoms with Gasteiger partial charge in [0.1, 0.15) is 11.6 Å². The molecule has 0 aliphatic rings. The van der Waals surface area contributed by atoms with Crippen LogP contribution in [0.5, 0.6) is 0 Å². The highest BCUT2D eigenvalue weighted by molar-refractivity contribution is 7.83. The zero-order valence-electron chi connectivity index (χ0n) is 17.1. The second-order valence-electron chi connectivity index (χ2n) is 7.54. The monoisotopic (exact) mass is 421 g/mol. The Balaban J connectivity index is 2.31. The van der Waals surface area contributed by atoms with Gasteiger partial charge in [-0.3, -0.25) is 14.3 Å². The SMILES string of the molecule is CC(=O)c1ccc(F)c(S(=O)NC(=O)Cc2c(C(C)C)cc(F)cc2C(C)C)c1. The first kappa shape index (κ1) is 22.9. The Morgan fingerprint density at radius 1 is 1.00 bits per heavy atom. The van der Waals surface area contributed by atoms with Crippen LogP contribution in [0.2, 0.25) is 0 Å². The summed E-state index contributed by atoms with van der Waals surface area (Å²) < 4.78 is 42.9. The summed E-state index contributed by atoms with van der Waals surface area (Å²) in [5, 5.41) is 0. The molecule has 1 atom stereocenters. The molecule has 0 saturated heterocycles. The number of Topliss-reactive ketones (excluding diaryl/α,β-unsaturated/α-hetero) is 1. The molecule has 0 saturated carbocycles. The zero-order valence-corrected chi connectivity index (χ0v) is 18.0. The van der Waals surface area contributed by atoms with E-state index in [2.05, 4.69) is 4.72 Å². The summed E-state index contributed by atoms with van der Waals surface area (Å²) in [6, 6.07) is 6.33. The van der Waals surface area contributed by atoms with Crippen LogP contribution >= 0.6 is 0 Å². The first-order valence-corrected chi connectivity index (χ1v) is 10.5. The first-order valence-electron chi connectivity index (χ1n) is 9.35. The van der Waals surface area contributed by atoms with Crippen molar-refractivity contribution in [1.29, 1.82) is 0 Å². The summed E-state index contributed by atoms with van der Waals surface area (Å²) in [6.45, 7) is 8.93. The van der Waals surface area contributed by atoms with E-state index in [0.29, 0.717) is 16.7 Å². The summed E-state index contributed by atoms with van der Waals surface area (Å²) >= 11 is 0. The maximum Gasteiger partial charge on any atom is 0.236 e. The molecule has 0 aliphatic heterocycles. The molecule has 0 aliphatic carbocycles. The lowest BCUT2D eigenvalue weighted by atomic mass is 9.87. The van der Waals surface area contributed by atoms with Crippen LogP contribution in [0.4, 0.5) is 8.78 Å². The number of hydrogen-bond donors (Lipinski definition) is 1. The van der Waals surface area contributed by atoms with Gasteiger partial charge in [-0.25, -0.2) is 13.0 Å². The fraction of sp³-hybridized carbons (Fsp3) is 0.364. The lowest BCUT2D eigenvalue weighted by molar-refractivity contribution is -0.118. The average molecular weight is 422 g/mol. The van der Waals surface area contributed by atoms with Gasteiger partial charge in [0, 0.05) is 5.56 Å². The van der Waals surface area contributed by atoms with Crippen LogP contribution in [-0.2, 0) is 22.2 Å². The van der Waals surface area contributed by atoms with Crippen LogP contribution < -0.4 is 4.72 Å². The van der Waals surface area contributed by atoms with Crippen LogP contribution in [0.3, 0.4) is 0 Å². The maximum atomic E-state index is 14.0. The van der Waals surface area contributed by atoms with Crippen molar-refractivity contribution in [2.45, 2.75) is 57.8 Å². The Hall–Kier alpha value is -2.41. The van der Waals surface area contributed by atoms with Gasteiger partial charge in [-0.2, -0.15) is 0 Å². The number of amides is 1. The lowest BCUT2D eigenvalue weighted by Crippen LogP contribution is -2.29. The third-order valence-corrected chi connectivity index (χ3v) is 5.73. The number of rotatable bonds is 7. The van der Waals surface area contributed by atoms with Crippen molar-refractivity contribution in [3.8, 4) is 0 Å². The second kappa shape index (κ2) is 9.39. The van der Waals surface area contributed by atoms with Crippen molar-refractivity contribution < 1.29 is 22.6 Å². The summed E-state index contributed by atoms with van der Waals surface area (Å²) in [6.07, 6.45) is -0.110. The second-order valence-corrected chi connectivity index (χ2v) is 8.73. The van der Waals surface area contributed by atoms with Gasteiger partial charge in [-0.15, -0.1) is 0 Å². The minimum atomic E-state index is -2.17. The summed E-state index contributed by atoms with van der Waals surface area (Å²) in [7, 11) is -2.17. The Bertz CT molecular complexity index is 942. The van der Waals surface area contributed by atoms with Crippen LogP contribution in [-0.4, -0.2) is 15.9 Å². The van der Waals surface area contributed by atoms with Gasteiger partial charge in [0.2, 0.25) is 5.91 Å². The first-order chi connectivity index (χ1) is 13.5. The quantitative estimate of drug-likeness (QED) is 0.654. The Kier molecular flexibility index (Phi) is 7.41. The van der Waals surface area contributed by atoms with Crippen molar-refractivity contribution >= 4 is 22.7 Å². The van der Waals surface area contributed by atoms with E-state index >= 15 is 0 Å². The van der Waals surface area contributed by atoms with Crippen molar-refractivity contribution in [2.75, 3.05) is 0 Å². The van der Waals surface area contributed by atoms with E-state index < -0.39 is 22.7 Å². The molecule has 0 radical (unpaired) electrons. The molecule has 0 spiro atoms. The lowest BCUT2D eigenvalue weighted by Gasteiger charge is -2.20. The number of benzene rings is 2. The standard InChI is InChI=1S/C22H25F2NO3S/c1-12(2)17-9-16(23)10-18(13(3)4)19(17)11-22(27)25-29(28)21-8-15(14(5)26)6-7-20(21)24/h6-10,12-13H,11H2,1-5H3,(H,25,27). The van der Waals surface area contributed by atoms with Gasteiger partial charge < -0.3 is 0 Å². The van der Waals surface area contributed by atoms with E-state index in [1.54, 1.807) is 0 Å². The molecule has 0 fully saturated rings. The third-order valence-electron chi connectivity index (χ3n) is 4.61. The third kappa shape index (κ3) is 5.56. The predicted molar refractivity (Wildman–Crippen MR) is 109 cm³/mol. The fourth-order valence-electron chi connectivity index (χ4n) is 3.13. The molecular formula is C22H25F2NO3S. The van der Waals surface area contributed by atoms with Crippen LogP contribution in [0, 0.1) is 11.6 Å². The van der Waals surface area contributed by atoms with Crippen LogP contribution in [0.15, 0.2) is 35.2 Å². The molecule has 2 aromatic rings. The highest BCUT2D eigenvalue weighted by Gasteiger charge is 2.21. The maximum absolute atomic E-state index is 14.0. The topological polar surface area (TPSA) is 63.2 Å². The largest absolute Gasteiger partial charge is 0.295 e. The zero-order chi connectivity index (χ0) is 21.9. The van der Waals surface area contributed by atoms with Gasteiger partial charge in [0.05, 0.1) is 11.3 Å². The van der Waals surface area contributed by atoms with E-state index in [1.165, 1.54) is 31.2 Å². The van der Waals surface area contributed by atoms with Gasteiger partial charge in [0.15, 0.2) is 16.8 Å². The molecule has 2 rings (SSSR count). The summed E-state index contributed by atoms with van der Waals surface area (Å²) in [5.41, 5.74) is 2.30. The molecule has 7 heteroatoms. The molecule has 1 unspecified atom stereocenters. The van der Waals surface area contributed by atoms with Crippen molar-refractivity contribution in [3.63, 3.8) is 0 Å². The number of ketones is 1. The van der Waals surface area contributed by atoms with E-state index in [9.17, 15) is 22.6 Å². The highest BCUT2D eigenvalue weighted by atomic mass is 32.2. The van der Waals surface area contributed by atoms with Crippen molar-refractivity contribution in [2.24, 2.45) is 0 Å². The van der Waals surface area contributed by atoms with Crippen LogP contribution in [0.25, 0.3) is 0 Å². The molecule has 1 amide bonds. The smallest absolute Gasteiger partial charge is 0.236 e. The van der Waals surface area contributed by atoms with E-state index in [4.69, 9.17) is 0 Å². The van der Waals surface area contributed by atoms with E-state index in [-0.39, 0.29) is 40.3 Å². The Morgan fingerprint density at radius 3 is 2.03 bits per heavy atom. The molecule has 1 N–H and O–H groups in total. The van der Waals surface area contributed by atoms with Crippen LogP contribution in [0.1, 0.15) is 73.5 Å². The van der Waals surface area contributed by atoms with E-state index in [1.807, 2.05) is 27.7 Å². The minimum Gasteiger partial charge on any atom is -0.295 e. The minimum absolute atomic E-state index is 0.0128. The number of carbonyl (C=O) groups excluding carboxylic acids is 2. The number of nitrogens with one attached hydrogen (secondary N) is 1. The summed E-state index contributed by atoms with van der Waals surface area (Å²) in [5.74, 6) is -2.05. The molecule has 0 bridgehead atoms. The van der Waals surface area contributed by atoms with Crippen molar-refractivity contribution in [3.05, 3.63) is 64.2 Å².